The highest BCUT2D eigenvalue weighted by Gasteiger charge is 2.13. The third-order valence-electron chi connectivity index (χ3n) is 3.70. The third kappa shape index (κ3) is 1.74. The Bertz CT molecular complexity index is 794. The zero-order valence-corrected chi connectivity index (χ0v) is 11.2. The molecule has 5 nitrogen and oxygen atoms in total. The molecule has 1 aliphatic rings. The molecule has 3 aromatic rings. The molecule has 2 aromatic heterocycles. The number of benzene rings is 1. The molecule has 0 spiro atoms. The van der Waals surface area contributed by atoms with Crippen LogP contribution in [0.5, 0.6) is 5.88 Å². The lowest BCUT2D eigenvalue weighted by Crippen LogP contribution is -2.09. The molecule has 0 atom stereocenters. The molecule has 0 saturated heterocycles. The Morgan fingerprint density at radius 2 is 2.15 bits per heavy atom. The number of aromatic nitrogens is 4. The van der Waals surface area contributed by atoms with Crippen molar-refractivity contribution in [3.8, 4) is 17.0 Å². The van der Waals surface area contributed by atoms with E-state index < -0.39 is 0 Å². The first kappa shape index (κ1) is 11.4. The molecule has 0 saturated carbocycles. The van der Waals surface area contributed by atoms with E-state index in [9.17, 15) is 0 Å². The van der Waals surface area contributed by atoms with Gasteiger partial charge in [-0.15, -0.1) is 5.10 Å². The summed E-state index contributed by atoms with van der Waals surface area (Å²) < 4.78 is 7.34. The van der Waals surface area contributed by atoms with Crippen molar-refractivity contribution in [2.45, 2.75) is 12.8 Å². The van der Waals surface area contributed by atoms with Crippen molar-refractivity contribution in [3.63, 3.8) is 0 Å². The van der Waals surface area contributed by atoms with Gasteiger partial charge >= 0.3 is 0 Å². The number of ether oxygens (including phenoxy) is 1. The summed E-state index contributed by atoms with van der Waals surface area (Å²) in [5.41, 5.74) is 5.36. The second-order valence-electron chi connectivity index (χ2n) is 5.06. The van der Waals surface area contributed by atoms with E-state index in [2.05, 4.69) is 33.5 Å². The van der Waals surface area contributed by atoms with Crippen LogP contribution in [0.3, 0.4) is 0 Å². The molecule has 20 heavy (non-hydrogen) atoms. The van der Waals surface area contributed by atoms with Crippen LogP contribution in [0, 0.1) is 0 Å². The summed E-state index contributed by atoms with van der Waals surface area (Å²) in [7, 11) is 1.90. The minimum Gasteiger partial charge on any atom is -0.477 e. The van der Waals surface area contributed by atoms with E-state index in [0.717, 1.165) is 47.5 Å². The van der Waals surface area contributed by atoms with Gasteiger partial charge in [-0.05, 0) is 36.6 Å². The van der Waals surface area contributed by atoms with Crippen LogP contribution >= 0.6 is 0 Å². The predicted molar refractivity (Wildman–Crippen MR) is 75.6 cm³/mol. The number of hydrogen-bond donors (Lipinski definition) is 0. The van der Waals surface area contributed by atoms with Gasteiger partial charge in [0.1, 0.15) is 5.52 Å². The summed E-state index contributed by atoms with van der Waals surface area (Å²) in [6, 6.07) is 8.33. The van der Waals surface area contributed by atoms with Gasteiger partial charge in [0.25, 0.3) is 0 Å². The highest BCUT2D eigenvalue weighted by Crippen LogP contribution is 2.29. The first-order valence-electron chi connectivity index (χ1n) is 6.73. The minimum absolute atomic E-state index is 0.770. The second-order valence-corrected chi connectivity index (χ2v) is 5.06. The maximum atomic E-state index is 5.56. The van der Waals surface area contributed by atoms with Gasteiger partial charge in [-0.1, -0.05) is 11.3 Å². The van der Waals surface area contributed by atoms with Crippen LogP contribution in [0.25, 0.3) is 22.2 Å². The number of nitrogens with zero attached hydrogens (tertiary/aromatic N) is 4. The Labute approximate surface area is 116 Å². The van der Waals surface area contributed by atoms with Gasteiger partial charge in [-0.2, -0.15) is 0 Å². The molecule has 5 heteroatoms. The van der Waals surface area contributed by atoms with Gasteiger partial charge in [0.05, 0.1) is 12.1 Å². The van der Waals surface area contributed by atoms with Gasteiger partial charge in [-0.25, -0.2) is 9.67 Å². The fourth-order valence-electron chi connectivity index (χ4n) is 2.61. The van der Waals surface area contributed by atoms with Crippen molar-refractivity contribution < 1.29 is 4.74 Å². The van der Waals surface area contributed by atoms with E-state index in [0.29, 0.717) is 0 Å². The van der Waals surface area contributed by atoms with Gasteiger partial charge in [0.2, 0.25) is 5.88 Å². The summed E-state index contributed by atoms with van der Waals surface area (Å²) in [5, 5.41) is 8.13. The smallest absolute Gasteiger partial charge is 0.216 e. The van der Waals surface area contributed by atoms with Crippen LogP contribution in [0.1, 0.15) is 12.0 Å². The van der Waals surface area contributed by atoms with E-state index in [1.54, 1.807) is 4.68 Å². The van der Waals surface area contributed by atoms with Crippen molar-refractivity contribution in [1.29, 1.82) is 0 Å². The van der Waals surface area contributed by atoms with Crippen LogP contribution in [0.15, 0.2) is 30.5 Å². The first-order chi connectivity index (χ1) is 9.81. The Kier molecular flexibility index (Phi) is 2.45. The van der Waals surface area contributed by atoms with Crippen molar-refractivity contribution in [3.05, 3.63) is 36.0 Å². The lowest BCUT2D eigenvalue weighted by molar-refractivity contribution is 0.276. The largest absolute Gasteiger partial charge is 0.477 e. The predicted octanol–water partition coefficient (Wildman–Crippen LogP) is 2.36. The average molecular weight is 266 g/mol. The summed E-state index contributed by atoms with van der Waals surface area (Å²) in [4.78, 5) is 4.43. The number of fused-ring (bicyclic) bond motifs is 2. The highest BCUT2D eigenvalue weighted by molar-refractivity contribution is 5.81. The normalized spacial score (nSPS) is 14.1. The number of hydrogen-bond acceptors (Lipinski definition) is 4. The van der Waals surface area contributed by atoms with E-state index in [1.807, 2.05) is 19.3 Å². The van der Waals surface area contributed by atoms with Crippen molar-refractivity contribution in [2.75, 3.05) is 6.61 Å². The Morgan fingerprint density at radius 3 is 3.10 bits per heavy atom. The molecule has 1 aromatic carbocycles. The fraction of sp³-hybridized carbons (Fsp3) is 0.267. The first-order valence-corrected chi connectivity index (χ1v) is 6.73. The molecule has 0 N–H and O–H groups in total. The Morgan fingerprint density at radius 1 is 1.20 bits per heavy atom. The molecule has 0 fully saturated rings. The molecule has 0 radical (unpaired) electrons. The number of pyridine rings is 1. The molecule has 4 rings (SSSR count). The SMILES string of the molecule is Cn1nnc2ccc(-c3cnc4c(c3)CCCO4)cc21. The summed E-state index contributed by atoms with van der Waals surface area (Å²) in [5.74, 6) is 0.781. The van der Waals surface area contributed by atoms with E-state index in [1.165, 1.54) is 5.56 Å². The van der Waals surface area contributed by atoms with Gasteiger partial charge < -0.3 is 4.74 Å². The van der Waals surface area contributed by atoms with Crippen LogP contribution in [0.4, 0.5) is 0 Å². The van der Waals surface area contributed by atoms with E-state index in [4.69, 9.17) is 4.74 Å². The number of rotatable bonds is 1. The van der Waals surface area contributed by atoms with Crippen LogP contribution < -0.4 is 4.74 Å². The zero-order valence-electron chi connectivity index (χ0n) is 11.2. The molecule has 0 bridgehead atoms. The molecule has 100 valence electrons. The Hall–Kier alpha value is -2.43. The van der Waals surface area contributed by atoms with Gasteiger partial charge in [-0.3, -0.25) is 0 Å². The zero-order chi connectivity index (χ0) is 13.5. The second kappa shape index (κ2) is 4.30. The molecule has 0 aliphatic carbocycles. The van der Waals surface area contributed by atoms with Crippen molar-refractivity contribution >= 4 is 11.0 Å². The minimum atomic E-state index is 0.770. The quantitative estimate of drug-likeness (QED) is 0.678. The van der Waals surface area contributed by atoms with E-state index in [-0.39, 0.29) is 0 Å². The third-order valence-corrected chi connectivity index (χ3v) is 3.70. The van der Waals surface area contributed by atoms with Gasteiger partial charge in [0.15, 0.2) is 0 Å². The fourth-order valence-corrected chi connectivity index (χ4v) is 2.61. The monoisotopic (exact) mass is 266 g/mol. The summed E-state index contributed by atoms with van der Waals surface area (Å²) in [6.07, 6.45) is 3.96. The summed E-state index contributed by atoms with van der Waals surface area (Å²) in [6.45, 7) is 0.770. The summed E-state index contributed by atoms with van der Waals surface area (Å²) >= 11 is 0. The lowest BCUT2D eigenvalue weighted by atomic mass is 10.0. The molecular weight excluding hydrogens is 252 g/mol. The molecule has 1 aliphatic heterocycles. The van der Waals surface area contributed by atoms with Crippen molar-refractivity contribution in [2.24, 2.45) is 7.05 Å². The van der Waals surface area contributed by atoms with Crippen LogP contribution in [-0.2, 0) is 13.5 Å². The average Bonchev–Trinajstić information content (AvgIpc) is 2.88. The lowest BCUT2D eigenvalue weighted by Gasteiger charge is -2.16. The maximum absolute atomic E-state index is 5.56. The van der Waals surface area contributed by atoms with E-state index >= 15 is 0 Å². The molecular formula is C15H14N4O. The Balaban J connectivity index is 1.83. The standard InChI is InChI=1S/C15H14N4O/c1-19-14-8-10(4-5-13(14)17-18-19)12-7-11-3-2-6-20-15(11)16-9-12/h4-5,7-9H,2-3,6H2,1H3. The molecule has 0 amide bonds. The molecule has 0 unspecified atom stereocenters. The number of aryl methyl sites for hydroxylation is 2. The van der Waals surface area contributed by atoms with Crippen LogP contribution in [0.2, 0.25) is 0 Å². The van der Waals surface area contributed by atoms with Crippen LogP contribution in [-0.4, -0.2) is 26.6 Å². The highest BCUT2D eigenvalue weighted by atomic mass is 16.5. The topological polar surface area (TPSA) is 52.8 Å². The maximum Gasteiger partial charge on any atom is 0.216 e. The van der Waals surface area contributed by atoms with Gasteiger partial charge in [0, 0.05) is 24.4 Å². The van der Waals surface area contributed by atoms with Crippen molar-refractivity contribution in [1.82, 2.24) is 20.0 Å². The molecule has 3 heterocycles.